The molecule has 0 atom stereocenters. The van der Waals surface area contributed by atoms with Crippen molar-refractivity contribution in [3.63, 3.8) is 0 Å². The number of nitrogens with one attached hydrogen (secondary N) is 1. The van der Waals surface area contributed by atoms with Gasteiger partial charge in [0.25, 0.3) is 5.56 Å². The number of carbonyl (C=O) groups is 1. The number of H-pyrrole nitrogens is 1. The van der Waals surface area contributed by atoms with Crippen LogP contribution in [-0.2, 0) is 0 Å². The van der Waals surface area contributed by atoms with E-state index < -0.39 is 40.2 Å². The zero-order valence-electron chi connectivity index (χ0n) is 9.05. The average molecular weight is 269 g/mol. The van der Waals surface area contributed by atoms with E-state index in [4.69, 9.17) is 5.11 Å². The summed E-state index contributed by atoms with van der Waals surface area (Å²) >= 11 is 0. The number of benzene rings is 1. The van der Waals surface area contributed by atoms with Crippen molar-refractivity contribution >= 4 is 5.97 Å². The van der Waals surface area contributed by atoms with Gasteiger partial charge in [0.05, 0.1) is 0 Å². The van der Waals surface area contributed by atoms with Gasteiger partial charge in [0.15, 0.2) is 5.82 Å². The molecular weight excluding hydrogens is 264 g/mol. The lowest BCUT2D eigenvalue weighted by Crippen LogP contribution is -2.36. The van der Waals surface area contributed by atoms with Crippen molar-refractivity contribution in [1.82, 2.24) is 14.8 Å². The Bertz CT molecular complexity index is 781. The van der Waals surface area contributed by atoms with Gasteiger partial charge in [0.2, 0.25) is 5.69 Å². The van der Waals surface area contributed by atoms with Crippen molar-refractivity contribution in [3.05, 3.63) is 56.4 Å². The number of halogens is 2. The highest BCUT2D eigenvalue weighted by atomic mass is 19.1. The van der Waals surface area contributed by atoms with Crippen LogP contribution in [0.3, 0.4) is 0 Å². The number of aromatic nitrogens is 3. The van der Waals surface area contributed by atoms with E-state index in [2.05, 4.69) is 5.10 Å². The Morgan fingerprint density at radius 2 is 2.00 bits per heavy atom. The third-order valence-electron chi connectivity index (χ3n) is 2.17. The highest BCUT2D eigenvalue weighted by molar-refractivity contribution is 5.84. The van der Waals surface area contributed by atoms with Gasteiger partial charge >= 0.3 is 11.7 Å². The van der Waals surface area contributed by atoms with Crippen molar-refractivity contribution < 1.29 is 18.7 Å². The first-order valence-electron chi connectivity index (χ1n) is 4.82. The smallest absolute Gasteiger partial charge is 0.362 e. The van der Waals surface area contributed by atoms with Crippen LogP contribution in [0.15, 0.2) is 27.8 Å². The fourth-order valence-corrected chi connectivity index (χ4v) is 1.36. The summed E-state index contributed by atoms with van der Waals surface area (Å²) in [5.41, 5.74) is -3.81. The Morgan fingerprint density at radius 3 is 2.58 bits per heavy atom. The van der Waals surface area contributed by atoms with Crippen LogP contribution in [0.5, 0.6) is 0 Å². The molecule has 0 bridgehead atoms. The predicted octanol–water partition coefficient (Wildman–Crippen LogP) is -0.103. The van der Waals surface area contributed by atoms with Gasteiger partial charge in [0.1, 0.15) is 11.5 Å². The summed E-state index contributed by atoms with van der Waals surface area (Å²) in [6.45, 7) is 0. The van der Waals surface area contributed by atoms with Gasteiger partial charge in [-0.1, -0.05) is 0 Å². The topological polar surface area (TPSA) is 105 Å². The summed E-state index contributed by atoms with van der Waals surface area (Å²) in [5, 5.41) is 11.9. The van der Waals surface area contributed by atoms with Crippen molar-refractivity contribution in [2.45, 2.75) is 0 Å². The maximum Gasteiger partial charge on any atom is 0.362 e. The second-order valence-corrected chi connectivity index (χ2v) is 3.42. The molecular formula is C10H5F2N3O4. The lowest BCUT2D eigenvalue weighted by molar-refractivity contribution is 0.0685. The molecule has 0 aliphatic carbocycles. The van der Waals surface area contributed by atoms with Crippen LogP contribution in [-0.4, -0.2) is 25.8 Å². The molecule has 1 heterocycles. The summed E-state index contributed by atoms with van der Waals surface area (Å²) in [6.07, 6.45) is 0. The van der Waals surface area contributed by atoms with Crippen molar-refractivity contribution in [1.29, 1.82) is 0 Å². The predicted molar refractivity (Wildman–Crippen MR) is 57.3 cm³/mol. The van der Waals surface area contributed by atoms with Gasteiger partial charge in [-0.3, -0.25) is 9.78 Å². The maximum atomic E-state index is 13.5. The fraction of sp³-hybridized carbons (Fsp3) is 0. The van der Waals surface area contributed by atoms with E-state index in [1.165, 1.54) is 0 Å². The van der Waals surface area contributed by atoms with E-state index in [0.717, 1.165) is 12.1 Å². The summed E-state index contributed by atoms with van der Waals surface area (Å²) < 4.78 is 26.5. The first-order chi connectivity index (χ1) is 8.90. The molecule has 0 aliphatic heterocycles. The second-order valence-electron chi connectivity index (χ2n) is 3.42. The molecule has 2 N–H and O–H groups in total. The molecule has 2 aromatic rings. The zero-order chi connectivity index (χ0) is 14.2. The van der Waals surface area contributed by atoms with Crippen LogP contribution in [0.4, 0.5) is 8.78 Å². The molecule has 0 fully saturated rings. The number of nitrogens with zero attached hydrogens (tertiary/aromatic N) is 2. The summed E-state index contributed by atoms with van der Waals surface area (Å²) in [6, 6.07) is 2.25. The van der Waals surface area contributed by atoms with E-state index in [0.29, 0.717) is 10.7 Å². The van der Waals surface area contributed by atoms with E-state index in [9.17, 15) is 23.2 Å². The second kappa shape index (κ2) is 4.44. The van der Waals surface area contributed by atoms with Crippen molar-refractivity contribution in [2.24, 2.45) is 0 Å². The summed E-state index contributed by atoms with van der Waals surface area (Å²) in [5.74, 6) is -3.69. The molecule has 9 heteroatoms. The molecule has 19 heavy (non-hydrogen) atoms. The van der Waals surface area contributed by atoms with Gasteiger partial charge < -0.3 is 5.11 Å². The molecule has 0 spiro atoms. The Hall–Kier alpha value is -2.84. The van der Waals surface area contributed by atoms with Gasteiger partial charge in [0, 0.05) is 6.07 Å². The van der Waals surface area contributed by atoms with Crippen LogP contribution in [0.2, 0.25) is 0 Å². The number of carboxylic acids is 1. The number of carboxylic acid groups (broad SMARTS) is 1. The Balaban J connectivity index is 2.75. The third-order valence-corrected chi connectivity index (χ3v) is 2.17. The molecule has 98 valence electrons. The number of hydrogen-bond acceptors (Lipinski definition) is 4. The number of rotatable bonds is 2. The van der Waals surface area contributed by atoms with Crippen LogP contribution in [0, 0.1) is 11.6 Å². The third kappa shape index (κ3) is 2.25. The molecule has 0 saturated carbocycles. The number of aromatic carboxylic acids is 1. The Labute approximate surface area is 102 Å². The summed E-state index contributed by atoms with van der Waals surface area (Å²) in [4.78, 5) is 35.0. The number of hydrogen-bond donors (Lipinski definition) is 2. The first-order valence-corrected chi connectivity index (χ1v) is 4.82. The zero-order valence-corrected chi connectivity index (χ0v) is 9.05. The molecule has 0 unspecified atom stereocenters. The Kier molecular flexibility index (Phi) is 2.95. The van der Waals surface area contributed by atoms with Crippen LogP contribution < -0.4 is 11.2 Å². The molecule has 1 aromatic carbocycles. The van der Waals surface area contributed by atoms with E-state index >= 15 is 0 Å². The quantitative estimate of drug-likeness (QED) is 0.791. The monoisotopic (exact) mass is 269 g/mol. The van der Waals surface area contributed by atoms with E-state index in [-0.39, 0.29) is 0 Å². The molecule has 0 radical (unpaired) electrons. The van der Waals surface area contributed by atoms with E-state index in [1.807, 2.05) is 0 Å². The van der Waals surface area contributed by atoms with Crippen LogP contribution >= 0.6 is 0 Å². The molecule has 0 amide bonds. The molecule has 0 aliphatic rings. The largest absolute Gasteiger partial charge is 0.476 e. The molecule has 2 rings (SSSR count). The van der Waals surface area contributed by atoms with Crippen LogP contribution in [0.25, 0.3) is 5.69 Å². The molecule has 7 nitrogen and oxygen atoms in total. The first kappa shape index (κ1) is 12.6. The van der Waals surface area contributed by atoms with Crippen LogP contribution in [0.1, 0.15) is 10.5 Å². The standard InChI is InChI=1S/C10H5F2N3O4/c11-4-1-2-6(5(12)3-4)15-10(19)13-8(16)7(14-15)9(17)18/h1-3H,(H,17,18)(H,13,16,19). The average Bonchev–Trinajstić information content (AvgIpc) is 2.30. The SMILES string of the molecule is O=C(O)c1nn(-c2ccc(F)cc2F)c(=O)[nH]c1=O. The van der Waals surface area contributed by atoms with Gasteiger partial charge in [-0.2, -0.15) is 9.78 Å². The molecule has 0 saturated heterocycles. The fourth-order valence-electron chi connectivity index (χ4n) is 1.36. The highest BCUT2D eigenvalue weighted by Gasteiger charge is 2.16. The van der Waals surface area contributed by atoms with Gasteiger partial charge in [-0.25, -0.2) is 18.4 Å². The normalized spacial score (nSPS) is 10.4. The molecule has 1 aromatic heterocycles. The minimum absolute atomic E-state index is 0.333. The maximum absolute atomic E-state index is 13.5. The lowest BCUT2D eigenvalue weighted by atomic mass is 10.3. The lowest BCUT2D eigenvalue weighted by Gasteiger charge is -2.05. The van der Waals surface area contributed by atoms with Gasteiger partial charge in [-0.15, -0.1) is 0 Å². The summed E-state index contributed by atoms with van der Waals surface area (Å²) in [7, 11) is 0. The van der Waals surface area contributed by atoms with Crippen molar-refractivity contribution in [3.8, 4) is 5.69 Å². The number of aromatic amines is 1. The highest BCUT2D eigenvalue weighted by Crippen LogP contribution is 2.11. The Morgan fingerprint density at radius 1 is 1.32 bits per heavy atom. The van der Waals surface area contributed by atoms with Crippen molar-refractivity contribution in [2.75, 3.05) is 0 Å². The van der Waals surface area contributed by atoms with E-state index in [1.54, 1.807) is 4.98 Å². The minimum Gasteiger partial charge on any atom is -0.476 e. The minimum atomic E-state index is -1.68. The van der Waals surface area contributed by atoms with Gasteiger partial charge in [-0.05, 0) is 12.1 Å².